The Bertz CT molecular complexity index is 828. The van der Waals surface area contributed by atoms with E-state index in [1.165, 1.54) is 19.3 Å². The molecule has 1 heterocycles. The Morgan fingerprint density at radius 1 is 1.24 bits per heavy atom. The number of rotatable bonds is 16. The minimum Gasteiger partial charge on any atom is -0.371 e. The Labute approximate surface area is 203 Å². The molecule has 0 aromatic carbocycles. The maximum absolute atomic E-state index is 12.2. The predicted octanol–water partition coefficient (Wildman–Crippen LogP) is 4.50. The van der Waals surface area contributed by atoms with Crippen molar-refractivity contribution < 1.29 is 37.3 Å². The zero-order valence-corrected chi connectivity index (χ0v) is 21.9. The van der Waals surface area contributed by atoms with Gasteiger partial charge >= 0.3 is 13.8 Å². The predicted molar refractivity (Wildman–Crippen MR) is 131 cm³/mol. The van der Waals surface area contributed by atoms with Crippen LogP contribution in [-0.2, 0) is 27.9 Å². The van der Waals surface area contributed by atoms with Gasteiger partial charge in [-0.2, -0.15) is 0 Å². The molecule has 1 fully saturated rings. The second-order valence-corrected chi connectivity index (χ2v) is 11.3. The maximum atomic E-state index is 12.2. The van der Waals surface area contributed by atoms with E-state index in [1.54, 1.807) is 6.08 Å². The molecule has 2 aliphatic rings. The van der Waals surface area contributed by atoms with Crippen LogP contribution >= 0.6 is 7.82 Å². The van der Waals surface area contributed by atoms with Crippen molar-refractivity contribution in [2.24, 2.45) is 5.92 Å². The van der Waals surface area contributed by atoms with E-state index in [-0.39, 0.29) is 36.9 Å². The van der Waals surface area contributed by atoms with Crippen LogP contribution in [0, 0.1) is 5.92 Å². The van der Waals surface area contributed by atoms with Crippen LogP contribution in [0.3, 0.4) is 0 Å². The van der Waals surface area contributed by atoms with Gasteiger partial charge in [0, 0.05) is 17.9 Å². The molecule has 0 amide bonds. The smallest absolute Gasteiger partial charge is 0.371 e. The van der Waals surface area contributed by atoms with Crippen LogP contribution in [0.1, 0.15) is 58.3 Å². The number of unbranched alkanes of at least 4 members (excludes halogenated alkanes) is 3. The lowest BCUT2D eigenvalue weighted by Gasteiger charge is -2.23. The van der Waals surface area contributed by atoms with Gasteiger partial charge in [0.1, 0.15) is 19.3 Å². The van der Waals surface area contributed by atoms with E-state index in [2.05, 4.69) is 23.6 Å². The molecule has 2 rings (SSSR count). The van der Waals surface area contributed by atoms with Crippen LogP contribution < -0.4 is 0 Å². The molecule has 192 valence electrons. The summed E-state index contributed by atoms with van der Waals surface area (Å²) >= 11 is 0. The summed E-state index contributed by atoms with van der Waals surface area (Å²) in [5.41, 5.74) is 0.775. The first-order valence-electron chi connectivity index (χ1n) is 12.3. The number of ether oxygens (including phenoxy) is 1. The SMILES string of the molecule is CCCCC/C=C/CC1C=CC(=O)/C1=C/C1OC1CCCC(=O)OP(=O)(O)OCC[N+](C)(C)C. The minimum absolute atomic E-state index is 0.00165. The Morgan fingerprint density at radius 3 is 2.71 bits per heavy atom. The van der Waals surface area contributed by atoms with Crippen LogP contribution in [0.15, 0.2) is 36.0 Å². The number of likely N-dealkylation sites (N-methyl/N-ethyl adjacent to an activating group) is 1. The summed E-state index contributed by atoms with van der Waals surface area (Å²) in [4.78, 5) is 33.8. The van der Waals surface area contributed by atoms with Gasteiger partial charge < -0.3 is 13.7 Å². The van der Waals surface area contributed by atoms with Crippen LogP contribution in [0.4, 0.5) is 0 Å². The van der Waals surface area contributed by atoms with Crippen molar-refractivity contribution in [1.82, 2.24) is 0 Å². The fourth-order valence-electron chi connectivity index (χ4n) is 3.66. The Kier molecular flexibility index (Phi) is 11.4. The van der Waals surface area contributed by atoms with E-state index in [4.69, 9.17) is 9.26 Å². The zero-order chi connectivity index (χ0) is 25.2. The van der Waals surface area contributed by atoms with Crippen LogP contribution in [0.5, 0.6) is 0 Å². The Morgan fingerprint density at radius 2 is 2.00 bits per heavy atom. The van der Waals surface area contributed by atoms with Gasteiger partial charge in [0.2, 0.25) is 0 Å². The summed E-state index contributed by atoms with van der Waals surface area (Å²) in [5.74, 6) is -0.649. The fraction of sp³-hybridized carbons (Fsp3) is 0.680. The number of phosphoric acid groups is 1. The van der Waals surface area contributed by atoms with E-state index < -0.39 is 13.8 Å². The number of quaternary nitrogens is 1. The summed E-state index contributed by atoms with van der Waals surface area (Å²) in [6.45, 7) is 2.71. The molecule has 1 aliphatic carbocycles. The number of epoxide rings is 1. The van der Waals surface area contributed by atoms with E-state index in [0.29, 0.717) is 23.9 Å². The molecule has 0 spiro atoms. The number of hydrogen-bond acceptors (Lipinski definition) is 6. The fourth-order valence-corrected chi connectivity index (χ4v) is 4.37. The summed E-state index contributed by atoms with van der Waals surface area (Å²) < 4.78 is 27.6. The van der Waals surface area contributed by atoms with Crippen molar-refractivity contribution in [3.05, 3.63) is 36.0 Å². The Balaban J connectivity index is 1.68. The number of phosphoric ester groups is 1. The monoisotopic (exact) mass is 498 g/mol. The number of carbonyl (C=O) groups is 2. The maximum Gasteiger partial charge on any atom is 0.529 e. The molecule has 0 aromatic rings. The lowest BCUT2D eigenvalue weighted by molar-refractivity contribution is -0.870. The van der Waals surface area contributed by atoms with Gasteiger partial charge in [0.25, 0.3) is 0 Å². The first-order valence-corrected chi connectivity index (χ1v) is 13.7. The normalized spacial score (nSPS) is 25.3. The van der Waals surface area contributed by atoms with Crippen molar-refractivity contribution in [2.75, 3.05) is 34.3 Å². The largest absolute Gasteiger partial charge is 0.529 e. The highest BCUT2D eigenvalue weighted by atomic mass is 31.2. The molecule has 0 aromatic heterocycles. The minimum atomic E-state index is -4.40. The van der Waals surface area contributed by atoms with Gasteiger partial charge in [-0.3, -0.25) is 19.0 Å². The number of nitrogens with zero attached hydrogens (tertiary/aromatic N) is 1. The van der Waals surface area contributed by atoms with Crippen LogP contribution in [0.2, 0.25) is 0 Å². The second kappa shape index (κ2) is 13.5. The third kappa shape index (κ3) is 11.2. The van der Waals surface area contributed by atoms with Gasteiger partial charge in [0.05, 0.1) is 27.2 Å². The molecular weight excluding hydrogens is 457 g/mol. The molecule has 9 heteroatoms. The summed E-state index contributed by atoms with van der Waals surface area (Å²) in [6.07, 6.45) is 16.2. The molecule has 8 nitrogen and oxygen atoms in total. The molecule has 4 atom stereocenters. The van der Waals surface area contributed by atoms with E-state index in [0.717, 1.165) is 18.4 Å². The topological polar surface area (TPSA) is 102 Å². The third-order valence-electron chi connectivity index (χ3n) is 5.76. The van der Waals surface area contributed by atoms with Crippen molar-refractivity contribution >= 4 is 19.6 Å². The lowest BCUT2D eigenvalue weighted by Crippen LogP contribution is -2.37. The van der Waals surface area contributed by atoms with Gasteiger partial charge in [-0.05, 0) is 44.3 Å². The average Bonchev–Trinajstić information content (AvgIpc) is 3.37. The first-order chi connectivity index (χ1) is 16.0. The van der Waals surface area contributed by atoms with E-state index in [9.17, 15) is 19.0 Å². The van der Waals surface area contributed by atoms with E-state index >= 15 is 0 Å². The van der Waals surface area contributed by atoms with Crippen LogP contribution in [-0.4, -0.2) is 67.6 Å². The number of allylic oxidation sites excluding steroid dienone is 5. The molecule has 0 radical (unpaired) electrons. The standard InChI is InChI=1S/C25H40NO7P/c1-5-6-7-8-9-10-12-20-15-16-22(27)21(20)19-24-23(32-24)13-11-14-25(28)33-34(29,30)31-18-17-26(2,3)4/h9-10,15-16,19-20,23-24H,5-8,11-14,17-18H2,1-4H3/p+1/b10-9+,21-19+. The highest BCUT2D eigenvalue weighted by Gasteiger charge is 2.38. The second-order valence-electron chi connectivity index (χ2n) is 9.97. The summed E-state index contributed by atoms with van der Waals surface area (Å²) in [6, 6.07) is 0. The van der Waals surface area contributed by atoms with Crippen molar-refractivity contribution in [1.29, 1.82) is 0 Å². The quantitative estimate of drug-likeness (QED) is 0.0835. The van der Waals surface area contributed by atoms with Gasteiger partial charge in [0.15, 0.2) is 5.78 Å². The van der Waals surface area contributed by atoms with Crippen molar-refractivity contribution in [3.8, 4) is 0 Å². The number of ketones is 1. The lowest BCUT2D eigenvalue weighted by atomic mass is 9.96. The number of carbonyl (C=O) groups excluding carboxylic acids is 2. The molecule has 1 saturated heterocycles. The molecule has 1 N–H and O–H groups in total. The molecule has 0 saturated carbocycles. The Hall–Kier alpha value is -1.57. The van der Waals surface area contributed by atoms with Gasteiger partial charge in [-0.25, -0.2) is 4.57 Å². The highest BCUT2D eigenvalue weighted by molar-refractivity contribution is 7.48. The third-order valence-corrected chi connectivity index (χ3v) is 6.71. The van der Waals surface area contributed by atoms with Gasteiger partial charge in [-0.15, -0.1) is 0 Å². The number of hydrogen-bond donors (Lipinski definition) is 1. The average molecular weight is 499 g/mol. The zero-order valence-electron chi connectivity index (χ0n) is 21.0. The molecular formula is C25H41NO7P+. The van der Waals surface area contributed by atoms with Crippen molar-refractivity contribution in [2.45, 2.75) is 70.5 Å². The molecule has 0 bridgehead atoms. The summed E-state index contributed by atoms with van der Waals surface area (Å²) in [7, 11) is 1.37. The molecule has 34 heavy (non-hydrogen) atoms. The van der Waals surface area contributed by atoms with Crippen molar-refractivity contribution in [3.63, 3.8) is 0 Å². The highest BCUT2D eigenvalue weighted by Crippen LogP contribution is 2.43. The molecule has 4 unspecified atom stereocenters. The van der Waals surface area contributed by atoms with E-state index in [1.807, 2.05) is 33.3 Å². The van der Waals surface area contributed by atoms with Gasteiger partial charge in [-0.1, -0.05) is 38.0 Å². The summed E-state index contributed by atoms with van der Waals surface area (Å²) in [5, 5.41) is 0. The van der Waals surface area contributed by atoms with Crippen LogP contribution in [0.25, 0.3) is 0 Å². The first kappa shape index (κ1) is 28.7. The molecule has 1 aliphatic heterocycles.